The van der Waals surface area contributed by atoms with E-state index in [9.17, 15) is 13.6 Å². The Morgan fingerprint density at radius 2 is 1.74 bits per heavy atom. The molecule has 0 amide bonds. The zero-order valence-electron chi connectivity index (χ0n) is 10.3. The van der Waals surface area contributed by atoms with Crippen LogP contribution < -0.4 is 0 Å². The van der Waals surface area contributed by atoms with Crippen LogP contribution in [0.3, 0.4) is 0 Å². The van der Waals surface area contributed by atoms with Crippen LogP contribution in [-0.2, 0) is 6.42 Å². The van der Waals surface area contributed by atoms with Gasteiger partial charge in [-0.15, -0.1) is 11.8 Å². The van der Waals surface area contributed by atoms with Crippen molar-refractivity contribution in [3.8, 4) is 0 Å². The Morgan fingerprint density at radius 1 is 1.05 bits per heavy atom. The van der Waals surface area contributed by atoms with E-state index >= 15 is 0 Å². The lowest BCUT2D eigenvalue weighted by Gasteiger charge is -2.03. The van der Waals surface area contributed by atoms with Gasteiger partial charge in [-0.05, 0) is 42.2 Å². The predicted octanol–water partition coefficient (Wildman–Crippen LogP) is 4.11. The minimum absolute atomic E-state index is 0.180. The molecule has 2 aromatic carbocycles. The molecule has 1 nitrogen and oxygen atoms in total. The highest BCUT2D eigenvalue weighted by atomic mass is 32.2. The molecule has 0 aliphatic rings. The highest BCUT2D eigenvalue weighted by Crippen LogP contribution is 2.17. The van der Waals surface area contributed by atoms with Crippen molar-refractivity contribution >= 4 is 17.5 Å². The standard InChI is InChI=1S/C15H12F2OS/c1-19-12-5-2-10(3-6-12)8-15(18)11-4-7-13(16)14(17)9-11/h2-7,9H,8H2,1H3. The molecule has 0 fully saturated rings. The number of hydrogen-bond donors (Lipinski definition) is 0. The fraction of sp³-hybridized carbons (Fsp3) is 0.133. The first kappa shape index (κ1) is 13.7. The average molecular weight is 278 g/mol. The first-order valence-corrected chi connectivity index (χ1v) is 6.94. The van der Waals surface area contributed by atoms with Crippen molar-refractivity contribution in [3.63, 3.8) is 0 Å². The lowest BCUT2D eigenvalue weighted by atomic mass is 10.0. The van der Waals surface area contributed by atoms with Crippen molar-refractivity contribution in [1.82, 2.24) is 0 Å². The Morgan fingerprint density at radius 3 is 2.32 bits per heavy atom. The van der Waals surface area contributed by atoms with E-state index in [4.69, 9.17) is 0 Å². The molecule has 0 atom stereocenters. The maximum atomic E-state index is 13.0. The van der Waals surface area contributed by atoms with Gasteiger partial charge in [0.25, 0.3) is 0 Å². The van der Waals surface area contributed by atoms with Crippen LogP contribution in [0.15, 0.2) is 47.4 Å². The highest BCUT2D eigenvalue weighted by molar-refractivity contribution is 7.98. The van der Waals surface area contributed by atoms with Crippen LogP contribution in [0.1, 0.15) is 15.9 Å². The van der Waals surface area contributed by atoms with Gasteiger partial charge in [0, 0.05) is 16.9 Å². The molecule has 2 aromatic rings. The number of hydrogen-bond acceptors (Lipinski definition) is 2. The zero-order valence-corrected chi connectivity index (χ0v) is 11.1. The molecule has 0 spiro atoms. The van der Waals surface area contributed by atoms with E-state index in [0.717, 1.165) is 22.6 Å². The summed E-state index contributed by atoms with van der Waals surface area (Å²) in [6, 6.07) is 10.8. The Hall–Kier alpha value is -1.68. The molecule has 0 radical (unpaired) electrons. The number of ketones is 1. The molecule has 4 heteroatoms. The maximum Gasteiger partial charge on any atom is 0.167 e. The van der Waals surface area contributed by atoms with E-state index in [2.05, 4.69) is 0 Å². The van der Waals surface area contributed by atoms with Gasteiger partial charge in [0.1, 0.15) is 0 Å². The maximum absolute atomic E-state index is 13.0. The Labute approximate surface area is 114 Å². The third kappa shape index (κ3) is 3.41. The number of carbonyl (C=O) groups is 1. The number of rotatable bonds is 4. The van der Waals surface area contributed by atoms with Crippen LogP contribution in [0.2, 0.25) is 0 Å². The molecular formula is C15H12F2OS. The summed E-state index contributed by atoms with van der Waals surface area (Å²) in [5.74, 6) is -2.17. The van der Waals surface area contributed by atoms with Gasteiger partial charge >= 0.3 is 0 Å². The van der Waals surface area contributed by atoms with Gasteiger partial charge in [-0.2, -0.15) is 0 Å². The van der Waals surface area contributed by atoms with E-state index in [-0.39, 0.29) is 17.8 Å². The minimum atomic E-state index is -0.997. The number of Topliss-reactive ketones (excluding diaryl/α,β-unsaturated/α-hetero) is 1. The lowest BCUT2D eigenvalue weighted by Crippen LogP contribution is -2.04. The Bertz CT molecular complexity index is 594. The molecule has 98 valence electrons. The first-order valence-electron chi connectivity index (χ1n) is 5.71. The van der Waals surface area contributed by atoms with Gasteiger partial charge in [0.05, 0.1) is 0 Å². The first-order chi connectivity index (χ1) is 9.10. The molecular weight excluding hydrogens is 266 g/mol. The third-order valence-corrected chi connectivity index (χ3v) is 3.51. The fourth-order valence-corrected chi connectivity index (χ4v) is 2.11. The summed E-state index contributed by atoms with van der Waals surface area (Å²) >= 11 is 1.62. The monoisotopic (exact) mass is 278 g/mol. The summed E-state index contributed by atoms with van der Waals surface area (Å²) in [7, 11) is 0. The van der Waals surface area contributed by atoms with Crippen molar-refractivity contribution in [2.75, 3.05) is 6.26 Å². The second-order valence-electron chi connectivity index (χ2n) is 4.08. The van der Waals surface area contributed by atoms with Crippen LogP contribution >= 0.6 is 11.8 Å². The largest absolute Gasteiger partial charge is 0.294 e. The summed E-state index contributed by atoms with van der Waals surface area (Å²) in [4.78, 5) is 13.1. The Kier molecular flexibility index (Phi) is 4.32. The van der Waals surface area contributed by atoms with Gasteiger partial charge in [0.15, 0.2) is 17.4 Å². The van der Waals surface area contributed by atoms with E-state index in [1.165, 1.54) is 6.07 Å². The molecule has 0 aromatic heterocycles. The molecule has 0 bridgehead atoms. The summed E-state index contributed by atoms with van der Waals surface area (Å²) in [6.07, 6.45) is 2.15. The normalized spacial score (nSPS) is 10.5. The van der Waals surface area contributed by atoms with Crippen molar-refractivity contribution in [1.29, 1.82) is 0 Å². The van der Waals surface area contributed by atoms with E-state index in [1.807, 2.05) is 30.5 Å². The van der Waals surface area contributed by atoms with Gasteiger partial charge in [-0.1, -0.05) is 12.1 Å². The smallest absolute Gasteiger partial charge is 0.167 e. The topological polar surface area (TPSA) is 17.1 Å². The van der Waals surface area contributed by atoms with Crippen LogP contribution in [0.25, 0.3) is 0 Å². The van der Waals surface area contributed by atoms with E-state index < -0.39 is 11.6 Å². The summed E-state index contributed by atoms with van der Waals surface area (Å²) in [5, 5.41) is 0. The fourth-order valence-electron chi connectivity index (χ4n) is 1.70. The molecule has 0 heterocycles. The Balaban J connectivity index is 2.13. The number of thioether (sulfide) groups is 1. The van der Waals surface area contributed by atoms with Gasteiger partial charge in [-0.25, -0.2) is 8.78 Å². The quantitative estimate of drug-likeness (QED) is 0.618. The number of benzene rings is 2. The molecule has 0 aliphatic heterocycles. The van der Waals surface area contributed by atoms with Gasteiger partial charge in [0.2, 0.25) is 0 Å². The molecule has 0 unspecified atom stereocenters. The SMILES string of the molecule is CSc1ccc(CC(=O)c2ccc(F)c(F)c2)cc1. The molecule has 0 aliphatic carbocycles. The third-order valence-electron chi connectivity index (χ3n) is 2.77. The van der Waals surface area contributed by atoms with Crippen LogP contribution in [0, 0.1) is 11.6 Å². The van der Waals surface area contributed by atoms with E-state index in [1.54, 1.807) is 11.8 Å². The van der Waals surface area contributed by atoms with Crippen LogP contribution in [0.5, 0.6) is 0 Å². The molecule has 0 saturated heterocycles. The minimum Gasteiger partial charge on any atom is -0.294 e. The van der Waals surface area contributed by atoms with Crippen molar-refractivity contribution in [3.05, 3.63) is 65.2 Å². The highest BCUT2D eigenvalue weighted by Gasteiger charge is 2.10. The zero-order chi connectivity index (χ0) is 13.8. The van der Waals surface area contributed by atoms with Crippen LogP contribution in [-0.4, -0.2) is 12.0 Å². The number of halogens is 2. The second kappa shape index (κ2) is 5.97. The van der Waals surface area contributed by atoms with Crippen LogP contribution in [0.4, 0.5) is 8.78 Å². The van der Waals surface area contributed by atoms with E-state index in [0.29, 0.717) is 0 Å². The lowest BCUT2D eigenvalue weighted by molar-refractivity contribution is 0.0992. The summed E-state index contributed by atoms with van der Waals surface area (Å²) in [5.41, 5.74) is 1.04. The summed E-state index contributed by atoms with van der Waals surface area (Å²) in [6.45, 7) is 0. The molecule has 0 N–H and O–H groups in total. The number of carbonyl (C=O) groups excluding carboxylic acids is 1. The van der Waals surface area contributed by atoms with Gasteiger partial charge < -0.3 is 0 Å². The molecule has 2 rings (SSSR count). The molecule has 0 saturated carbocycles. The van der Waals surface area contributed by atoms with Crippen molar-refractivity contribution < 1.29 is 13.6 Å². The summed E-state index contributed by atoms with van der Waals surface area (Å²) < 4.78 is 25.8. The average Bonchev–Trinajstić information content (AvgIpc) is 2.42. The van der Waals surface area contributed by atoms with Gasteiger partial charge in [-0.3, -0.25) is 4.79 Å². The predicted molar refractivity (Wildman–Crippen MR) is 72.6 cm³/mol. The van der Waals surface area contributed by atoms with Crippen molar-refractivity contribution in [2.45, 2.75) is 11.3 Å². The second-order valence-corrected chi connectivity index (χ2v) is 4.96. The van der Waals surface area contributed by atoms with Crippen molar-refractivity contribution in [2.24, 2.45) is 0 Å². The molecule has 19 heavy (non-hydrogen) atoms.